The number of amides is 2. The number of nitro groups is 1. The van der Waals surface area contributed by atoms with E-state index in [1.54, 1.807) is 18.2 Å². The van der Waals surface area contributed by atoms with Crippen LogP contribution in [0, 0.1) is 24.0 Å². The molecule has 28 heavy (non-hydrogen) atoms. The highest BCUT2D eigenvalue weighted by molar-refractivity contribution is 8.18. The SMILES string of the molecule is COCCN1C(=O)S/C(=C\c2cc(C)n(-c3ccc([N+](=O)[O-])cc3)c2C)C1=O. The number of aromatic nitrogens is 1. The molecule has 2 aromatic rings. The predicted octanol–water partition coefficient (Wildman–Crippen LogP) is 3.69. The van der Waals surface area contributed by atoms with Crippen LogP contribution in [-0.4, -0.2) is 45.8 Å². The first-order chi connectivity index (χ1) is 13.3. The molecule has 1 saturated heterocycles. The third-order valence-electron chi connectivity index (χ3n) is 4.47. The van der Waals surface area contributed by atoms with E-state index >= 15 is 0 Å². The summed E-state index contributed by atoms with van der Waals surface area (Å²) in [6.07, 6.45) is 1.71. The molecular formula is C19H19N3O5S. The minimum atomic E-state index is -0.440. The number of non-ortho nitro benzene ring substituents is 1. The van der Waals surface area contributed by atoms with Crippen LogP contribution < -0.4 is 0 Å². The quantitative estimate of drug-likeness (QED) is 0.416. The molecule has 0 saturated carbocycles. The second kappa shape index (κ2) is 7.99. The molecule has 1 aromatic carbocycles. The van der Waals surface area contributed by atoms with Crippen LogP contribution in [-0.2, 0) is 9.53 Å². The van der Waals surface area contributed by atoms with Gasteiger partial charge in [0.1, 0.15) is 0 Å². The van der Waals surface area contributed by atoms with Crippen LogP contribution in [0.2, 0.25) is 0 Å². The third-order valence-corrected chi connectivity index (χ3v) is 5.38. The Hall–Kier alpha value is -2.91. The van der Waals surface area contributed by atoms with Gasteiger partial charge in [-0.3, -0.25) is 24.6 Å². The Morgan fingerprint density at radius 3 is 2.50 bits per heavy atom. The van der Waals surface area contributed by atoms with Crippen LogP contribution in [0.1, 0.15) is 17.0 Å². The molecule has 1 aromatic heterocycles. The monoisotopic (exact) mass is 401 g/mol. The van der Waals surface area contributed by atoms with Crippen molar-refractivity contribution in [1.82, 2.24) is 9.47 Å². The average Bonchev–Trinajstić information content (AvgIpc) is 3.09. The first-order valence-electron chi connectivity index (χ1n) is 8.51. The number of ether oxygens (including phenoxy) is 1. The highest BCUT2D eigenvalue weighted by Gasteiger charge is 2.34. The number of nitrogens with zero attached hydrogens (tertiary/aromatic N) is 3. The van der Waals surface area contributed by atoms with Gasteiger partial charge in [0, 0.05) is 36.3 Å². The number of imide groups is 1. The molecule has 0 unspecified atom stereocenters. The normalized spacial score (nSPS) is 15.7. The summed E-state index contributed by atoms with van der Waals surface area (Å²) < 4.78 is 6.89. The van der Waals surface area contributed by atoms with Crippen molar-refractivity contribution in [2.24, 2.45) is 0 Å². The summed E-state index contributed by atoms with van der Waals surface area (Å²) in [5, 5.41) is 10.5. The van der Waals surface area contributed by atoms with Gasteiger partial charge in [-0.15, -0.1) is 0 Å². The van der Waals surface area contributed by atoms with Gasteiger partial charge in [0.2, 0.25) is 0 Å². The zero-order valence-electron chi connectivity index (χ0n) is 15.7. The van der Waals surface area contributed by atoms with Gasteiger partial charge in [-0.25, -0.2) is 0 Å². The Balaban J connectivity index is 1.92. The van der Waals surface area contributed by atoms with Crippen molar-refractivity contribution in [2.45, 2.75) is 13.8 Å². The average molecular weight is 401 g/mol. The maximum absolute atomic E-state index is 12.5. The van der Waals surface area contributed by atoms with Crippen molar-refractivity contribution in [3.05, 3.63) is 62.3 Å². The summed E-state index contributed by atoms with van der Waals surface area (Å²) in [4.78, 5) is 36.5. The topological polar surface area (TPSA) is 94.7 Å². The van der Waals surface area contributed by atoms with E-state index in [1.165, 1.54) is 24.1 Å². The molecule has 0 radical (unpaired) electrons. The maximum atomic E-state index is 12.5. The summed E-state index contributed by atoms with van der Waals surface area (Å²) >= 11 is 0.911. The van der Waals surface area contributed by atoms with Crippen LogP contribution in [0.3, 0.4) is 0 Å². The first-order valence-corrected chi connectivity index (χ1v) is 9.33. The Labute approximate surface area is 165 Å². The Bertz CT molecular complexity index is 978. The molecule has 3 rings (SSSR count). The molecule has 2 amide bonds. The molecule has 8 nitrogen and oxygen atoms in total. The lowest BCUT2D eigenvalue weighted by Gasteiger charge is -2.10. The first kappa shape index (κ1) is 19.8. The van der Waals surface area contributed by atoms with Gasteiger partial charge in [-0.05, 0) is 55.4 Å². The zero-order valence-corrected chi connectivity index (χ0v) is 16.5. The van der Waals surface area contributed by atoms with Crippen molar-refractivity contribution >= 4 is 34.7 Å². The molecule has 0 atom stereocenters. The van der Waals surface area contributed by atoms with E-state index in [-0.39, 0.29) is 23.4 Å². The molecular weight excluding hydrogens is 382 g/mol. The number of carbonyl (C=O) groups is 2. The highest BCUT2D eigenvalue weighted by Crippen LogP contribution is 2.33. The van der Waals surface area contributed by atoms with Crippen LogP contribution in [0.5, 0.6) is 0 Å². The number of rotatable bonds is 6. The van der Waals surface area contributed by atoms with Crippen LogP contribution in [0.25, 0.3) is 11.8 Å². The van der Waals surface area contributed by atoms with E-state index in [0.717, 1.165) is 34.4 Å². The molecule has 0 spiro atoms. The molecule has 0 N–H and O–H groups in total. The van der Waals surface area contributed by atoms with E-state index in [2.05, 4.69) is 0 Å². The fraction of sp³-hybridized carbons (Fsp3) is 0.263. The number of nitro benzene ring substituents is 1. The summed E-state index contributed by atoms with van der Waals surface area (Å²) in [6, 6.07) is 8.19. The Kier molecular flexibility index (Phi) is 5.66. The van der Waals surface area contributed by atoms with Gasteiger partial charge in [-0.1, -0.05) is 0 Å². The number of carbonyl (C=O) groups excluding carboxylic acids is 2. The Morgan fingerprint density at radius 2 is 1.89 bits per heavy atom. The standard InChI is InChI=1S/C19H19N3O5S/c1-12-10-14(11-17-18(23)20(8-9-27-3)19(24)28-17)13(2)21(12)15-4-6-16(7-5-15)22(25)26/h4-7,10-11H,8-9H2,1-3H3/b17-11-. The summed E-state index contributed by atoms with van der Waals surface area (Å²) in [5.41, 5.74) is 3.41. The molecule has 1 fully saturated rings. The number of methoxy groups -OCH3 is 1. The van der Waals surface area contributed by atoms with E-state index < -0.39 is 4.92 Å². The molecule has 146 valence electrons. The largest absolute Gasteiger partial charge is 0.383 e. The van der Waals surface area contributed by atoms with Crippen molar-refractivity contribution in [3.8, 4) is 5.69 Å². The molecule has 2 heterocycles. The second-order valence-electron chi connectivity index (χ2n) is 6.26. The third kappa shape index (κ3) is 3.71. The van der Waals surface area contributed by atoms with Gasteiger partial charge in [-0.2, -0.15) is 0 Å². The van der Waals surface area contributed by atoms with E-state index in [1.807, 2.05) is 24.5 Å². The van der Waals surface area contributed by atoms with Gasteiger partial charge in [0.25, 0.3) is 16.8 Å². The number of thioether (sulfide) groups is 1. The lowest BCUT2D eigenvalue weighted by molar-refractivity contribution is -0.384. The van der Waals surface area contributed by atoms with Gasteiger partial charge in [0.05, 0.1) is 23.0 Å². The minimum absolute atomic E-state index is 0.0242. The van der Waals surface area contributed by atoms with Crippen molar-refractivity contribution in [1.29, 1.82) is 0 Å². The number of aryl methyl sites for hydroxylation is 1. The van der Waals surface area contributed by atoms with E-state index in [9.17, 15) is 19.7 Å². The van der Waals surface area contributed by atoms with Crippen LogP contribution >= 0.6 is 11.8 Å². The maximum Gasteiger partial charge on any atom is 0.293 e. The molecule has 1 aliphatic heterocycles. The summed E-state index contributed by atoms with van der Waals surface area (Å²) in [6.45, 7) is 4.33. The Morgan fingerprint density at radius 1 is 1.21 bits per heavy atom. The van der Waals surface area contributed by atoms with Crippen molar-refractivity contribution in [2.75, 3.05) is 20.3 Å². The number of hydrogen-bond donors (Lipinski definition) is 0. The fourth-order valence-electron chi connectivity index (χ4n) is 3.07. The van der Waals surface area contributed by atoms with E-state index in [0.29, 0.717) is 11.5 Å². The van der Waals surface area contributed by atoms with Gasteiger partial charge in [0.15, 0.2) is 0 Å². The fourth-order valence-corrected chi connectivity index (χ4v) is 3.93. The smallest absolute Gasteiger partial charge is 0.293 e. The molecule has 0 bridgehead atoms. The predicted molar refractivity (Wildman–Crippen MR) is 106 cm³/mol. The summed E-state index contributed by atoms with van der Waals surface area (Å²) in [5.74, 6) is -0.327. The van der Waals surface area contributed by atoms with Gasteiger partial charge >= 0.3 is 0 Å². The van der Waals surface area contributed by atoms with Crippen molar-refractivity contribution in [3.63, 3.8) is 0 Å². The second-order valence-corrected chi connectivity index (χ2v) is 7.25. The molecule has 1 aliphatic rings. The number of benzene rings is 1. The van der Waals surface area contributed by atoms with E-state index in [4.69, 9.17) is 4.74 Å². The summed E-state index contributed by atoms with van der Waals surface area (Å²) in [7, 11) is 1.52. The van der Waals surface area contributed by atoms with Crippen LogP contribution in [0.15, 0.2) is 35.2 Å². The van der Waals surface area contributed by atoms with Crippen molar-refractivity contribution < 1.29 is 19.2 Å². The lowest BCUT2D eigenvalue weighted by Crippen LogP contribution is -2.31. The minimum Gasteiger partial charge on any atom is -0.383 e. The molecule has 0 aliphatic carbocycles. The molecule has 9 heteroatoms. The van der Waals surface area contributed by atoms with Gasteiger partial charge < -0.3 is 9.30 Å². The number of hydrogen-bond acceptors (Lipinski definition) is 6. The van der Waals surface area contributed by atoms with Crippen LogP contribution in [0.4, 0.5) is 10.5 Å². The zero-order chi connectivity index (χ0) is 20.4. The highest BCUT2D eigenvalue weighted by atomic mass is 32.2. The lowest BCUT2D eigenvalue weighted by atomic mass is 10.2.